The molecular weight excluding hydrogens is 224 g/mol. The quantitative estimate of drug-likeness (QED) is 0.585. The molecule has 1 fully saturated rings. The monoisotopic (exact) mass is 246 g/mol. The molecule has 1 atom stereocenters. The van der Waals surface area contributed by atoms with Crippen molar-refractivity contribution in [3.8, 4) is 0 Å². The van der Waals surface area contributed by atoms with E-state index >= 15 is 0 Å². The van der Waals surface area contributed by atoms with E-state index < -0.39 is 0 Å². The van der Waals surface area contributed by atoms with Gasteiger partial charge < -0.3 is 15.8 Å². The van der Waals surface area contributed by atoms with Crippen molar-refractivity contribution in [2.24, 2.45) is 11.7 Å². The third kappa shape index (κ3) is 6.35. The van der Waals surface area contributed by atoms with Gasteiger partial charge in [0.25, 0.3) is 0 Å². The van der Waals surface area contributed by atoms with Crippen LogP contribution in [0, 0.1) is 5.92 Å². The summed E-state index contributed by atoms with van der Waals surface area (Å²) < 4.78 is 5.41. The fraction of sp³-hybridized carbons (Fsp3) is 0.909. The molecule has 0 aromatic heterocycles. The van der Waals surface area contributed by atoms with Crippen molar-refractivity contribution in [3.63, 3.8) is 0 Å². The number of thioether (sulfide) groups is 1. The first-order valence-electron chi connectivity index (χ1n) is 5.84. The molecule has 0 aromatic rings. The Morgan fingerprint density at radius 2 is 2.38 bits per heavy atom. The Balaban J connectivity index is 1.91. The first-order chi connectivity index (χ1) is 7.74. The molecule has 1 aliphatic carbocycles. The van der Waals surface area contributed by atoms with Crippen molar-refractivity contribution in [2.75, 3.05) is 31.8 Å². The molecule has 1 aliphatic rings. The lowest BCUT2D eigenvalue weighted by Gasteiger charge is -2.11. The molecule has 0 heterocycles. The van der Waals surface area contributed by atoms with Crippen molar-refractivity contribution < 1.29 is 9.53 Å². The number of nitrogens with one attached hydrogen (secondary N) is 1. The largest absolute Gasteiger partial charge is 0.379 e. The van der Waals surface area contributed by atoms with Crippen molar-refractivity contribution in [2.45, 2.75) is 25.3 Å². The zero-order valence-corrected chi connectivity index (χ0v) is 10.7. The molecule has 1 amide bonds. The second-order valence-corrected chi connectivity index (χ2v) is 5.18. The first kappa shape index (κ1) is 13.8. The molecule has 1 saturated carbocycles. The fourth-order valence-corrected chi connectivity index (χ4v) is 1.78. The molecule has 0 radical (unpaired) electrons. The maximum Gasteiger partial charge on any atom is 0.237 e. The van der Waals surface area contributed by atoms with Crippen LogP contribution < -0.4 is 11.1 Å². The summed E-state index contributed by atoms with van der Waals surface area (Å²) in [5, 5.41) is 2.79. The van der Waals surface area contributed by atoms with Crippen LogP contribution in [0.15, 0.2) is 0 Å². The maximum absolute atomic E-state index is 11.5. The van der Waals surface area contributed by atoms with E-state index in [1.54, 1.807) is 11.8 Å². The molecule has 0 unspecified atom stereocenters. The van der Waals surface area contributed by atoms with Crippen molar-refractivity contribution >= 4 is 17.7 Å². The predicted molar refractivity (Wildman–Crippen MR) is 67.5 cm³/mol. The van der Waals surface area contributed by atoms with E-state index in [1.807, 2.05) is 6.26 Å². The molecule has 4 nitrogen and oxygen atoms in total. The molecule has 0 aliphatic heterocycles. The lowest BCUT2D eigenvalue weighted by molar-refractivity contribution is -0.122. The number of carbonyl (C=O) groups is 1. The first-order valence-corrected chi connectivity index (χ1v) is 7.23. The highest BCUT2D eigenvalue weighted by Gasteiger charge is 2.21. The Morgan fingerprint density at radius 1 is 1.62 bits per heavy atom. The second kappa shape index (κ2) is 7.92. The van der Waals surface area contributed by atoms with Gasteiger partial charge in [-0.1, -0.05) is 0 Å². The van der Waals surface area contributed by atoms with E-state index in [9.17, 15) is 4.79 Å². The number of hydrogen-bond acceptors (Lipinski definition) is 4. The van der Waals surface area contributed by atoms with Gasteiger partial charge >= 0.3 is 0 Å². The van der Waals surface area contributed by atoms with Crippen molar-refractivity contribution in [3.05, 3.63) is 0 Å². The fourth-order valence-electron chi connectivity index (χ4n) is 1.29. The van der Waals surface area contributed by atoms with Gasteiger partial charge in [0.2, 0.25) is 5.91 Å². The van der Waals surface area contributed by atoms with Crippen LogP contribution in [0.4, 0.5) is 0 Å². The Labute approximate surface area is 102 Å². The van der Waals surface area contributed by atoms with E-state index in [-0.39, 0.29) is 11.9 Å². The second-order valence-electron chi connectivity index (χ2n) is 4.20. The van der Waals surface area contributed by atoms with Crippen LogP contribution in [0.1, 0.15) is 19.3 Å². The van der Waals surface area contributed by atoms with Gasteiger partial charge in [-0.15, -0.1) is 0 Å². The lowest BCUT2D eigenvalue weighted by Crippen LogP contribution is -2.42. The van der Waals surface area contributed by atoms with Gasteiger partial charge in [-0.3, -0.25) is 4.79 Å². The maximum atomic E-state index is 11.5. The summed E-state index contributed by atoms with van der Waals surface area (Å²) in [6.07, 6.45) is 5.34. The summed E-state index contributed by atoms with van der Waals surface area (Å²) in [5.74, 6) is 1.64. The van der Waals surface area contributed by atoms with E-state index in [0.29, 0.717) is 13.2 Å². The molecule has 3 N–H and O–H groups in total. The van der Waals surface area contributed by atoms with Crippen LogP contribution in [-0.2, 0) is 9.53 Å². The minimum Gasteiger partial charge on any atom is -0.379 e. The predicted octanol–water partition coefficient (Wildman–Crippen LogP) is 0.610. The molecule has 5 heteroatoms. The third-order valence-electron chi connectivity index (χ3n) is 2.57. The highest BCUT2D eigenvalue weighted by Crippen LogP contribution is 2.28. The summed E-state index contributed by atoms with van der Waals surface area (Å²) >= 11 is 1.70. The highest BCUT2D eigenvalue weighted by molar-refractivity contribution is 7.98. The van der Waals surface area contributed by atoms with Crippen molar-refractivity contribution in [1.29, 1.82) is 0 Å². The number of ether oxygens (including phenoxy) is 1. The molecular formula is C11H22N2O2S. The Bertz CT molecular complexity index is 210. The van der Waals surface area contributed by atoms with Gasteiger partial charge in [0, 0.05) is 13.2 Å². The van der Waals surface area contributed by atoms with Crippen LogP contribution in [0.25, 0.3) is 0 Å². The summed E-state index contributed by atoms with van der Waals surface area (Å²) in [7, 11) is 0. The number of carbonyl (C=O) groups excluding carboxylic acids is 1. The topological polar surface area (TPSA) is 64.4 Å². The summed E-state index contributed by atoms with van der Waals surface area (Å²) in [6, 6.07) is -0.379. The molecule has 0 aromatic carbocycles. The SMILES string of the molecule is CSCC[C@H](N)C(=O)NCCOCC1CC1. The van der Waals surface area contributed by atoms with Crippen LogP contribution in [0.5, 0.6) is 0 Å². The number of nitrogens with two attached hydrogens (primary N) is 1. The molecule has 94 valence electrons. The van der Waals surface area contributed by atoms with Gasteiger partial charge in [-0.2, -0.15) is 11.8 Å². The number of amides is 1. The van der Waals surface area contributed by atoms with Crippen LogP contribution in [-0.4, -0.2) is 43.7 Å². The van der Waals surface area contributed by atoms with Gasteiger partial charge in [-0.25, -0.2) is 0 Å². The molecule has 0 bridgehead atoms. The standard InChI is InChI=1S/C11H22N2O2S/c1-16-7-4-10(12)11(14)13-5-6-15-8-9-2-3-9/h9-10H,2-8,12H2,1H3,(H,13,14)/t10-/m0/s1. The Morgan fingerprint density at radius 3 is 3.00 bits per heavy atom. The minimum absolute atomic E-state index is 0.0657. The van der Waals surface area contributed by atoms with Crippen molar-refractivity contribution in [1.82, 2.24) is 5.32 Å². The summed E-state index contributed by atoms with van der Waals surface area (Å²) in [5.41, 5.74) is 5.71. The zero-order chi connectivity index (χ0) is 11.8. The average molecular weight is 246 g/mol. The van der Waals surface area contributed by atoms with E-state index in [1.165, 1.54) is 12.8 Å². The molecule has 1 rings (SSSR count). The van der Waals surface area contributed by atoms with Crippen LogP contribution in [0.3, 0.4) is 0 Å². The zero-order valence-electron chi connectivity index (χ0n) is 9.91. The minimum atomic E-state index is -0.379. The van der Waals surface area contributed by atoms with Gasteiger partial charge in [0.1, 0.15) is 0 Å². The third-order valence-corrected chi connectivity index (χ3v) is 3.21. The number of rotatable bonds is 9. The average Bonchev–Trinajstić information content (AvgIpc) is 3.09. The molecule has 0 saturated heterocycles. The highest BCUT2D eigenvalue weighted by atomic mass is 32.2. The summed E-state index contributed by atoms with van der Waals surface area (Å²) in [4.78, 5) is 11.5. The summed E-state index contributed by atoms with van der Waals surface area (Å²) in [6.45, 7) is 2.00. The van der Waals surface area contributed by atoms with Gasteiger partial charge in [-0.05, 0) is 37.2 Å². The molecule has 0 spiro atoms. The Kier molecular flexibility index (Phi) is 6.84. The lowest BCUT2D eigenvalue weighted by atomic mass is 10.2. The smallest absolute Gasteiger partial charge is 0.237 e. The normalized spacial score (nSPS) is 17.1. The van der Waals surface area contributed by atoms with E-state index in [4.69, 9.17) is 10.5 Å². The van der Waals surface area contributed by atoms with Crippen LogP contribution >= 0.6 is 11.8 Å². The number of hydrogen-bond donors (Lipinski definition) is 2. The van der Waals surface area contributed by atoms with E-state index in [2.05, 4.69) is 5.32 Å². The Hall–Kier alpha value is -0.260. The van der Waals surface area contributed by atoms with Gasteiger partial charge in [0.05, 0.1) is 12.6 Å². The molecule has 16 heavy (non-hydrogen) atoms. The van der Waals surface area contributed by atoms with Gasteiger partial charge in [0.15, 0.2) is 0 Å². The van der Waals surface area contributed by atoms with E-state index in [0.717, 1.165) is 24.7 Å². The van der Waals surface area contributed by atoms with Crippen LogP contribution in [0.2, 0.25) is 0 Å².